The van der Waals surface area contributed by atoms with Crippen LogP contribution in [0, 0.1) is 11.8 Å². The minimum atomic E-state index is 0.398. The van der Waals surface area contributed by atoms with E-state index in [1.54, 1.807) is 0 Å². The van der Waals surface area contributed by atoms with E-state index in [-0.39, 0.29) is 0 Å². The molecule has 2 fully saturated rings. The van der Waals surface area contributed by atoms with Gasteiger partial charge in [-0.1, -0.05) is 36.4 Å². The SMILES string of the molecule is N[C@@H]1[C@H]2CN(c3nccc(-c4ccc5ccccc5c4)n3)C[C@@H]12. The number of fused-ring (bicyclic) bond motifs is 2. The average Bonchev–Trinajstić information content (AvgIpc) is 3.01. The molecular weight excluding hydrogens is 284 g/mol. The quantitative estimate of drug-likeness (QED) is 0.791. The lowest BCUT2D eigenvalue weighted by atomic mass is 10.1. The Labute approximate surface area is 135 Å². The molecule has 0 unspecified atom stereocenters. The summed E-state index contributed by atoms with van der Waals surface area (Å²) in [7, 11) is 0. The summed E-state index contributed by atoms with van der Waals surface area (Å²) in [6, 6.07) is 17.2. The van der Waals surface area contributed by atoms with Gasteiger partial charge in [-0.3, -0.25) is 0 Å². The smallest absolute Gasteiger partial charge is 0.225 e. The minimum absolute atomic E-state index is 0.398. The van der Waals surface area contributed by atoms with Crippen LogP contribution in [-0.2, 0) is 0 Å². The van der Waals surface area contributed by atoms with Crippen molar-refractivity contribution in [3.8, 4) is 11.3 Å². The zero-order valence-corrected chi connectivity index (χ0v) is 12.8. The molecule has 0 amide bonds. The van der Waals surface area contributed by atoms with Gasteiger partial charge in [0.1, 0.15) is 0 Å². The van der Waals surface area contributed by atoms with Crippen molar-refractivity contribution in [1.29, 1.82) is 0 Å². The fourth-order valence-corrected chi connectivity index (χ4v) is 3.75. The molecule has 1 aliphatic carbocycles. The minimum Gasteiger partial charge on any atom is -0.340 e. The molecule has 0 spiro atoms. The van der Waals surface area contributed by atoms with Crippen LogP contribution >= 0.6 is 0 Å². The second-order valence-corrected chi connectivity index (χ2v) is 6.61. The Bertz CT molecular complexity index is 879. The maximum atomic E-state index is 6.02. The van der Waals surface area contributed by atoms with Gasteiger partial charge in [-0.2, -0.15) is 0 Å². The number of nitrogens with zero attached hydrogens (tertiary/aromatic N) is 3. The van der Waals surface area contributed by atoms with Gasteiger partial charge in [0, 0.05) is 30.9 Å². The number of hydrogen-bond acceptors (Lipinski definition) is 4. The number of anilines is 1. The summed E-state index contributed by atoms with van der Waals surface area (Å²) in [6.07, 6.45) is 1.86. The normalized spacial score (nSPS) is 25.6. The first-order valence-corrected chi connectivity index (χ1v) is 8.12. The van der Waals surface area contributed by atoms with E-state index < -0.39 is 0 Å². The Hall–Kier alpha value is -2.46. The molecule has 1 aromatic heterocycles. The first-order chi connectivity index (χ1) is 11.3. The first kappa shape index (κ1) is 13.0. The van der Waals surface area contributed by atoms with Gasteiger partial charge in [-0.15, -0.1) is 0 Å². The maximum Gasteiger partial charge on any atom is 0.225 e. The number of rotatable bonds is 2. The standard InChI is InChI=1S/C19H18N4/c20-18-15-10-23(11-16(15)18)19-21-8-7-17(22-19)14-6-5-12-3-1-2-4-13(12)9-14/h1-9,15-16,18H,10-11,20H2/t15-,16+,18+. The van der Waals surface area contributed by atoms with Crippen molar-refractivity contribution in [3.63, 3.8) is 0 Å². The van der Waals surface area contributed by atoms with Crippen LogP contribution in [0.4, 0.5) is 5.95 Å². The van der Waals surface area contributed by atoms with Crippen LogP contribution in [0.5, 0.6) is 0 Å². The molecule has 23 heavy (non-hydrogen) atoms. The molecule has 0 bridgehead atoms. The molecule has 2 aliphatic rings. The predicted octanol–water partition coefficient (Wildman–Crippen LogP) is 2.69. The van der Waals surface area contributed by atoms with Crippen LogP contribution in [0.1, 0.15) is 0 Å². The van der Waals surface area contributed by atoms with Crippen LogP contribution in [0.3, 0.4) is 0 Å². The molecule has 4 nitrogen and oxygen atoms in total. The monoisotopic (exact) mass is 302 g/mol. The predicted molar refractivity (Wildman–Crippen MR) is 92.1 cm³/mol. The average molecular weight is 302 g/mol. The van der Waals surface area contributed by atoms with E-state index >= 15 is 0 Å². The van der Waals surface area contributed by atoms with Crippen LogP contribution in [-0.4, -0.2) is 29.1 Å². The molecule has 2 heterocycles. The molecule has 2 aromatic carbocycles. The topological polar surface area (TPSA) is 55.0 Å². The number of benzene rings is 2. The fourth-order valence-electron chi connectivity index (χ4n) is 3.75. The third-order valence-corrected chi connectivity index (χ3v) is 5.23. The molecule has 1 aliphatic heterocycles. The van der Waals surface area contributed by atoms with Crippen molar-refractivity contribution in [1.82, 2.24) is 9.97 Å². The molecule has 3 aromatic rings. The van der Waals surface area contributed by atoms with Crippen LogP contribution in [0.25, 0.3) is 22.0 Å². The van der Waals surface area contributed by atoms with Gasteiger partial charge in [0.15, 0.2) is 0 Å². The van der Waals surface area contributed by atoms with Crippen LogP contribution in [0.15, 0.2) is 54.7 Å². The second-order valence-electron chi connectivity index (χ2n) is 6.61. The molecule has 1 saturated heterocycles. The highest BCUT2D eigenvalue weighted by Gasteiger charge is 2.54. The van der Waals surface area contributed by atoms with E-state index in [1.807, 2.05) is 12.3 Å². The van der Waals surface area contributed by atoms with Crippen LogP contribution in [0.2, 0.25) is 0 Å². The van der Waals surface area contributed by atoms with Crippen molar-refractivity contribution < 1.29 is 0 Å². The maximum absolute atomic E-state index is 6.02. The van der Waals surface area contributed by atoms with Gasteiger partial charge in [-0.25, -0.2) is 9.97 Å². The third kappa shape index (κ3) is 2.10. The van der Waals surface area contributed by atoms with E-state index in [0.29, 0.717) is 17.9 Å². The summed E-state index contributed by atoms with van der Waals surface area (Å²) in [5.41, 5.74) is 8.13. The summed E-state index contributed by atoms with van der Waals surface area (Å²) in [5.74, 6) is 2.11. The van der Waals surface area contributed by atoms with E-state index in [4.69, 9.17) is 10.7 Å². The van der Waals surface area contributed by atoms with Crippen molar-refractivity contribution >= 4 is 16.7 Å². The zero-order chi connectivity index (χ0) is 15.4. The Balaban J connectivity index is 1.49. The Morgan fingerprint density at radius 3 is 2.57 bits per heavy atom. The van der Waals surface area contributed by atoms with Gasteiger partial charge in [0.2, 0.25) is 5.95 Å². The molecule has 5 rings (SSSR count). The Morgan fingerprint density at radius 2 is 1.74 bits per heavy atom. The van der Waals surface area contributed by atoms with Crippen molar-refractivity contribution in [2.75, 3.05) is 18.0 Å². The number of hydrogen-bond donors (Lipinski definition) is 1. The highest BCUT2D eigenvalue weighted by Crippen LogP contribution is 2.44. The lowest BCUT2D eigenvalue weighted by Gasteiger charge is -2.19. The largest absolute Gasteiger partial charge is 0.340 e. The fraction of sp³-hybridized carbons (Fsp3) is 0.263. The molecule has 2 N–H and O–H groups in total. The first-order valence-electron chi connectivity index (χ1n) is 8.12. The molecule has 4 heteroatoms. The van der Waals surface area contributed by atoms with Gasteiger partial charge in [0.25, 0.3) is 0 Å². The molecule has 3 atom stereocenters. The van der Waals surface area contributed by atoms with E-state index in [1.165, 1.54) is 10.8 Å². The van der Waals surface area contributed by atoms with Gasteiger partial charge < -0.3 is 10.6 Å². The lowest BCUT2D eigenvalue weighted by molar-refractivity contribution is 0.725. The second kappa shape index (κ2) is 4.77. The van der Waals surface area contributed by atoms with Gasteiger partial charge in [-0.05, 0) is 34.7 Å². The summed E-state index contributed by atoms with van der Waals surface area (Å²) >= 11 is 0. The van der Waals surface area contributed by atoms with E-state index in [9.17, 15) is 0 Å². The van der Waals surface area contributed by atoms with Crippen molar-refractivity contribution in [3.05, 3.63) is 54.7 Å². The van der Waals surface area contributed by atoms with Gasteiger partial charge in [0.05, 0.1) is 5.69 Å². The molecular formula is C19H18N4. The third-order valence-electron chi connectivity index (χ3n) is 5.23. The molecule has 0 radical (unpaired) electrons. The summed E-state index contributed by atoms with van der Waals surface area (Å²) in [6.45, 7) is 1.99. The lowest BCUT2D eigenvalue weighted by Crippen LogP contribution is -2.29. The highest BCUT2D eigenvalue weighted by atomic mass is 15.3. The highest BCUT2D eigenvalue weighted by molar-refractivity contribution is 5.86. The van der Waals surface area contributed by atoms with Gasteiger partial charge >= 0.3 is 0 Å². The number of piperidine rings is 1. The summed E-state index contributed by atoms with van der Waals surface area (Å²) < 4.78 is 0. The zero-order valence-electron chi connectivity index (χ0n) is 12.8. The molecule has 114 valence electrons. The Morgan fingerprint density at radius 1 is 0.957 bits per heavy atom. The summed E-state index contributed by atoms with van der Waals surface area (Å²) in [4.78, 5) is 11.5. The summed E-state index contributed by atoms with van der Waals surface area (Å²) in [5, 5.41) is 2.48. The molecule has 1 saturated carbocycles. The van der Waals surface area contributed by atoms with Crippen molar-refractivity contribution in [2.24, 2.45) is 17.6 Å². The van der Waals surface area contributed by atoms with E-state index in [0.717, 1.165) is 30.3 Å². The van der Waals surface area contributed by atoms with Crippen molar-refractivity contribution in [2.45, 2.75) is 6.04 Å². The number of aromatic nitrogens is 2. The van der Waals surface area contributed by atoms with Crippen LogP contribution < -0.4 is 10.6 Å². The Kier molecular flexibility index (Phi) is 2.70. The van der Waals surface area contributed by atoms with E-state index in [2.05, 4.69) is 52.3 Å². The number of nitrogens with two attached hydrogens (primary N) is 1.